The molecule has 0 saturated carbocycles. The highest BCUT2D eigenvalue weighted by Crippen LogP contribution is 2.14. The molecule has 1 aromatic heterocycles. The minimum absolute atomic E-state index is 0.916. The van der Waals surface area contributed by atoms with E-state index in [-0.39, 0.29) is 0 Å². The molecule has 2 aromatic carbocycles. The number of nitrogens with zero attached hydrogens (tertiary/aromatic N) is 1. The summed E-state index contributed by atoms with van der Waals surface area (Å²) in [5, 5.41) is 0. The van der Waals surface area contributed by atoms with Crippen molar-refractivity contribution in [3.05, 3.63) is 71.7 Å². The lowest BCUT2D eigenvalue weighted by Gasteiger charge is -1.91. The number of rotatable bonds is 3. The third-order valence-electron chi connectivity index (χ3n) is 2.89. The zero-order valence-electron chi connectivity index (χ0n) is 9.99. The van der Waals surface area contributed by atoms with E-state index in [1.54, 1.807) is 11.3 Å². The summed E-state index contributed by atoms with van der Waals surface area (Å²) in [6.07, 6.45) is 4.37. The van der Waals surface area contributed by atoms with Gasteiger partial charge >= 0.3 is 0 Å². The van der Waals surface area contributed by atoms with Crippen LogP contribution in [-0.2, 0) is 6.54 Å². The van der Waals surface area contributed by atoms with E-state index in [4.69, 9.17) is 0 Å². The Balaban J connectivity index is 1.79. The summed E-state index contributed by atoms with van der Waals surface area (Å²) in [6.45, 7) is 0.916. The topological polar surface area (TPSA) is 3.88 Å². The second kappa shape index (κ2) is 5.15. The molecule has 0 fully saturated rings. The lowest BCUT2D eigenvalue weighted by molar-refractivity contribution is -0.656. The molecular weight excluding hydrogens is 238 g/mol. The molecule has 1 nitrogen and oxygen atoms in total. The minimum atomic E-state index is 0.916. The molecule has 1 heterocycles. The molecule has 0 bridgehead atoms. The van der Waals surface area contributed by atoms with Crippen LogP contribution < -0.4 is 4.57 Å². The van der Waals surface area contributed by atoms with Gasteiger partial charge in [0, 0.05) is 6.07 Å². The summed E-state index contributed by atoms with van der Waals surface area (Å²) in [6, 6.07) is 18.9. The predicted octanol–water partition coefficient (Wildman–Crippen LogP) is 3.90. The van der Waals surface area contributed by atoms with Crippen LogP contribution in [0.1, 0.15) is 5.56 Å². The Bertz CT molecular complexity index is 668. The van der Waals surface area contributed by atoms with Gasteiger partial charge in [-0.15, -0.1) is 0 Å². The van der Waals surface area contributed by atoms with Gasteiger partial charge in [-0.2, -0.15) is 4.57 Å². The van der Waals surface area contributed by atoms with Crippen molar-refractivity contribution in [3.8, 4) is 0 Å². The van der Waals surface area contributed by atoms with Gasteiger partial charge in [-0.05, 0) is 17.7 Å². The van der Waals surface area contributed by atoms with Gasteiger partial charge in [0.1, 0.15) is 4.70 Å². The first kappa shape index (κ1) is 11.2. The highest BCUT2D eigenvalue weighted by atomic mass is 32.1. The predicted molar refractivity (Wildman–Crippen MR) is 77.5 cm³/mol. The molecule has 0 amide bonds. The molecule has 0 unspecified atom stereocenters. The van der Waals surface area contributed by atoms with Gasteiger partial charge < -0.3 is 0 Å². The van der Waals surface area contributed by atoms with Gasteiger partial charge in [-0.3, -0.25) is 0 Å². The van der Waals surface area contributed by atoms with E-state index in [1.807, 2.05) is 6.07 Å². The van der Waals surface area contributed by atoms with E-state index in [9.17, 15) is 0 Å². The van der Waals surface area contributed by atoms with Gasteiger partial charge in [0.05, 0.1) is 0 Å². The Morgan fingerprint density at radius 3 is 2.61 bits per heavy atom. The third kappa shape index (κ3) is 2.34. The second-order valence-corrected chi connectivity index (χ2v) is 5.04. The van der Waals surface area contributed by atoms with E-state index in [0.29, 0.717) is 0 Å². The maximum atomic E-state index is 2.28. The lowest BCUT2D eigenvalue weighted by Crippen LogP contribution is -2.30. The highest BCUT2D eigenvalue weighted by Gasteiger charge is 2.08. The number of hydrogen-bond donors (Lipinski definition) is 0. The SMILES string of the molecule is C(=Cc1ccccc1)C[n+]1csc2ccccc21. The van der Waals surface area contributed by atoms with Crippen LogP contribution in [0.3, 0.4) is 0 Å². The molecular formula is C16H14NS+. The van der Waals surface area contributed by atoms with E-state index >= 15 is 0 Å². The van der Waals surface area contributed by atoms with Crippen LogP contribution in [0.25, 0.3) is 16.3 Å². The Labute approximate surface area is 111 Å². The van der Waals surface area contributed by atoms with Crippen molar-refractivity contribution in [3.63, 3.8) is 0 Å². The van der Waals surface area contributed by atoms with Gasteiger partial charge in [-0.1, -0.05) is 59.9 Å². The average molecular weight is 252 g/mol. The fraction of sp³-hybridized carbons (Fsp3) is 0.0625. The first-order chi connectivity index (χ1) is 8.93. The van der Waals surface area contributed by atoms with Gasteiger partial charge in [0.25, 0.3) is 0 Å². The van der Waals surface area contributed by atoms with Crippen LogP contribution in [0.15, 0.2) is 66.2 Å². The Morgan fingerprint density at radius 1 is 0.944 bits per heavy atom. The van der Waals surface area contributed by atoms with E-state index < -0.39 is 0 Å². The van der Waals surface area contributed by atoms with Crippen LogP contribution in [0.4, 0.5) is 0 Å². The van der Waals surface area contributed by atoms with Crippen LogP contribution in [0, 0.1) is 0 Å². The fourth-order valence-corrected chi connectivity index (χ4v) is 2.88. The zero-order chi connectivity index (χ0) is 12.2. The molecule has 3 rings (SSSR count). The van der Waals surface area contributed by atoms with E-state index in [1.165, 1.54) is 15.8 Å². The number of allylic oxidation sites excluding steroid dienone is 1. The molecule has 88 valence electrons. The summed E-state index contributed by atoms with van der Waals surface area (Å²) in [5.74, 6) is 0. The monoisotopic (exact) mass is 252 g/mol. The molecule has 0 N–H and O–H groups in total. The Kier molecular flexibility index (Phi) is 3.20. The molecule has 0 aliphatic heterocycles. The highest BCUT2D eigenvalue weighted by molar-refractivity contribution is 7.16. The lowest BCUT2D eigenvalue weighted by atomic mass is 10.2. The quantitative estimate of drug-likeness (QED) is 0.622. The zero-order valence-corrected chi connectivity index (χ0v) is 10.8. The van der Waals surface area contributed by atoms with Crippen molar-refractivity contribution < 1.29 is 4.57 Å². The summed E-state index contributed by atoms with van der Waals surface area (Å²) < 4.78 is 3.62. The summed E-state index contributed by atoms with van der Waals surface area (Å²) in [4.78, 5) is 0. The van der Waals surface area contributed by atoms with Crippen molar-refractivity contribution in [1.29, 1.82) is 0 Å². The normalized spacial score (nSPS) is 11.3. The number of benzene rings is 2. The van der Waals surface area contributed by atoms with Crippen molar-refractivity contribution in [2.75, 3.05) is 0 Å². The first-order valence-electron chi connectivity index (χ1n) is 6.01. The first-order valence-corrected chi connectivity index (χ1v) is 6.89. The smallest absolute Gasteiger partial charge is 0.185 e. The number of aromatic nitrogens is 1. The molecule has 2 heteroatoms. The summed E-state index contributed by atoms with van der Waals surface area (Å²) in [5.41, 5.74) is 4.73. The largest absolute Gasteiger partial charge is 0.226 e. The van der Waals surface area contributed by atoms with Crippen LogP contribution in [0.2, 0.25) is 0 Å². The number of para-hydroxylation sites is 1. The van der Waals surface area contributed by atoms with Crippen molar-refractivity contribution in [1.82, 2.24) is 0 Å². The molecule has 0 aliphatic rings. The number of thiazole rings is 1. The number of fused-ring (bicyclic) bond motifs is 1. The van der Waals surface area contributed by atoms with Crippen LogP contribution in [-0.4, -0.2) is 0 Å². The molecule has 0 radical (unpaired) electrons. The van der Waals surface area contributed by atoms with Gasteiger partial charge in [0.2, 0.25) is 11.0 Å². The minimum Gasteiger partial charge on any atom is -0.185 e. The standard InChI is InChI=1S/C16H14NS/c1-2-7-14(8-3-1)9-6-12-17-13-18-16-11-5-4-10-15(16)17/h1-11,13H,12H2/q+1. The average Bonchev–Trinajstić information content (AvgIpc) is 2.84. The molecule has 0 atom stereocenters. The molecule has 18 heavy (non-hydrogen) atoms. The van der Waals surface area contributed by atoms with Crippen LogP contribution >= 0.6 is 11.3 Å². The van der Waals surface area contributed by atoms with Crippen molar-refractivity contribution in [2.45, 2.75) is 6.54 Å². The summed E-state index contributed by atoms with van der Waals surface area (Å²) in [7, 11) is 0. The number of hydrogen-bond acceptors (Lipinski definition) is 1. The summed E-state index contributed by atoms with van der Waals surface area (Å²) >= 11 is 1.79. The third-order valence-corrected chi connectivity index (χ3v) is 3.85. The van der Waals surface area contributed by atoms with Crippen molar-refractivity contribution >= 4 is 27.6 Å². The Hall–Kier alpha value is -1.93. The second-order valence-electron chi connectivity index (χ2n) is 4.16. The maximum absolute atomic E-state index is 2.28. The maximum Gasteiger partial charge on any atom is 0.226 e. The molecule has 0 saturated heterocycles. The molecule has 0 spiro atoms. The molecule has 3 aromatic rings. The fourth-order valence-electron chi connectivity index (χ4n) is 1.98. The van der Waals surface area contributed by atoms with Gasteiger partial charge in [0.15, 0.2) is 6.54 Å². The van der Waals surface area contributed by atoms with E-state index in [0.717, 1.165) is 6.54 Å². The van der Waals surface area contributed by atoms with Crippen LogP contribution in [0.5, 0.6) is 0 Å². The Morgan fingerprint density at radius 2 is 1.72 bits per heavy atom. The van der Waals surface area contributed by atoms with Crippen molar-refractivity contribution in [2.24, 2.45) is 0 Å². The van der Waals surface area contributed by atoms with Gasteiger partial charge in [-0.25, -0.2) is 0 Å². The van der Waals surface area contributed by atoms with E-state index in [2.05, 4.69) is 70.8 Å². The molecule has 0 aliphatic carbocycles.